The molecule has 0 radical (unpaired) electrons. The molecule has 0 spiro atoms. The second-order valence-electron chi connectivity index (χ2n) is 12.2. The summed E-state index contributed by atoms with van der Waals surface area (Å²) >= 11 is 6.00. The van der Waals surface area contributed by atoms with E-state index in [1.807, 2.05) is 25.1 Å². The van der Waals surface area contributed by atoms with Crippen LogP contribution in [0.1, 0.15) is 54.9 Å². The molecule has 3 aliphatic heterocycles. The maximum absolute atomic E-state index is 13.1. The first kappa shape index (κ1) is 30.1. The number of halogens is 4. The number of fused-ring (bicyclic) bond motifs is 2. The molecule has 15 heteroatoms. The van der Waals surface area contributed by atoms with Gasteiger partial charge in [-0.05, 0) is 62.5 Å². The average Bonchev–Trinajstić information content (AvgIpc) is 3.75. The van der Waals surface area contributed by atoms with Crippen LogP contribution in [0.4, 0.5) is 13.2 Å². The number of benzene rings is 1. The Balaban J connectivity index is 0.996. The van der Waals surface area contributed by atoms with Gasteiger partial charge in [-0.2, -0.15) is 13.2 Å². The zero-order valence-corrected chi connectivity index (χ0v) is 26.1. The molecule has 3 aliphatic rings. The molecule has 4 aromatic heterocycles. The van der Waals surface area contributed by atoms with Gasteiger partial charge in [0.25, 0.3) is 5.79 Å². The minimum absolute atomic E-state index is 0.0633. The summed E-state index contributed by atoms with van der Waals surface area (Å²) in [5.74, 6) is 0.387. The summed E-state index contributed by atoms with van der Waals surface area (Å²) in [7, 11) is 0. The number of H-pyrrole nitrogens is 1. The first-order valence-corrected chi connectivity index (χ1v) is 15.8. The van der Waals surface area contributed by atoms with Gasteiger partial charge in [-0.25, -0.2) is 9.97 Å². The van der Waals surface area contributed by atoms with E-state index in [4.69, 9.17) is 30.8 Å². The van der Waals surface area contributed by atoms with Crippen molar-refractivity contribution < 1.29 is 27.4 Å². The lowest BCUT2D eigenvalue weighted by Crippen LogP contribution is -2.35. The second-order valence-corrected chi connectivity index (χ2v) is 12.6. The summed E-state index contributed by atoms with van der Waals surface area (Å²) in [6, 6.07) is 11.3. The number of rotatable bonds is 7. The summed E-state index contributed by atoms with van der Waals surface area (Å²) < 4.78 is 59.9. The molecule has 1 unspecified atom stereocenters. The quantitative estimate of drug-likeness (QED) is 0.206. The Morgan fingerprint density at radius 2 is 1.87 bits per heavy atom. The molecule has 5 aromatic rings. The Morgan fingerprint density at radius 1 is 1.04 bits per heavy atom. The molecule has 2 saturated heterocycles. The summed E-state index contributed by atoms with van der Waals surface area (Å²) in [5, 5.41) is 7.30. The van der Waals surface area contributed by atoms with Crippen LogP contribution < -0.4 is 9.47 Å². The highest BCUT2D eigenvalue weighted by atomic mass is 35.5. The molecule has 7 heterocycles. The second kappa shape index (κ2) is 11.5. The number of alkyl halides is 3. The standard InChI is InChI=1S/C32H30ClF3N8O3/c1-31(19-5-6-26(33)38-14-19)46-25-4-2-3-21(28(25)47-31)18-7-10-43(11-8-18)17-27-39-22-13-23(29-40-30(42-41-29)32(34,35)36)37-15-24(22)44(27)16-20-9-12-45-20/h2-6,13-15,18,20H,7-12,16-17H2,1H3,(H,40,41,42)/t20-,31?/m0/s1. The predicted molar refractivity (Wildman–Crippen MR) is 164 cm³/mol. The van der Waals surface area contributed by atoms with E-state index in [0.717, 1.165) is 67.2 Å². The van der Waals surface area contributed by atoms with Gasteiger partial charge < -0.3 is 23.8 Å². The van der Waals surface area contributed by atoms with Crippen molar-refractivity contribution in [3.05, 3.63) is 76.7 Å². The molecule has 2 atom stereocenters. The molecular weight excluding hydrogens is 637 g/mol. The fraction of sp³-hybridized carbons (Fsp3) is 0.406. The van der Waals surface area contributed by atoms with Gasteiger partial charge in [-0.3, -0.25) is 9.88 Å². The number of imidazole rings is 1. The third kappa shape index (κ3) is 5.68. The lowest BCUT2D eigenvalue weighted by Gasteiger charge is -2.33. The molecule has 0 saturated carbocycles. The Kier molecular flexibility index (Phi) is 7.33. The van der Waals surface area contributed by atoms with Crippen LogP contribution in [0.25, 0.3) is 22.6 Å². The average molecular weight is 667 g/mol. The van der Waals surface area contributed by atoms with Crippen LogP contribution in [0.2, 0.25) is 5.15 Å². The highest BCUT2D eigenvalue weighted by molar-refractivity contribution is 6.29. The molecule has 2 fully saturated rings. The number of ether oxygens (including phenoxy) is 3. The zero-order valence-electron chi connectivity index (χ0n) is 25.3. The van der Waals surface area contributed by atoms with E-state index in [0.29, 0.717) is 29.5 Å². The van der Waals surface area contributed by atoms with Gasteiger partial charge in [-0.1, -0.05) is 23.7 Å². The van der Waals surface area contributed by atoms with Crippen LogP contribution >= 0.6 is 11.6 Å². The van der Waals surface area contributed by atoms with E-state index in [1.54, 1.807) is 24.5 Å². The van der Waals surface area contributed by atoms with E-state index < -0.39 is 17.8 Å². The number of aromatic nitrogens is 7. The van der Waals surface area contributed by atoms with Gasteiger partial charge >= 0.3 is 6.18 Å². The smallest absolute Gasteiger partial charge is 0.444 e. The van der Waals surface area contributed by atoms with E-state index in [9.17, 15) is 13.2 Å². The maximum Gasteiger partial charge on any atom is 0.451 e. The van der Waals surface area contributed by atoms with E-state index in [2.05, 4.69) is 40.7 Å². The van der Waals surface area contributed by atoms with Gasteiger partial charge in [0, 0.05) is 25.3 Å². The van der Waals surface area contributed by atoms with E-state index in [-0.39, 0.29) is 23.5 Å². The number of likely N-dealkylation sites (tertiary alicyclic amines) is 1. The Hall–Kier alpha value is -4.27. The van der Waals surface area contributed by atoms with Crippen molar-refractivity contribution in [1.29, 1.82) is 0 Å². The molecule has 8 rings (SSSR count). The minimum Gasteiger partial charge on any atom is -0.444 e. The fourth-order valence-electron chi connectivity index (χ4n) is 6.50. The third-order valence-electron chi connectivity index (χ3n) is 9.15. The van der Waals surface area contributed by atoms with Crippen LogP contribution in [0.15, 0.2) is 48.8 Å². The Labute approximate surface area is 272 Å². The molecule has 0 aliphatic carbocycles. The van der Waals surface area contributed by atoms with Crippen molar-refractivity contribution >= 4 is 22.6 Å². The first-order valence-electron chi connectivity index (χ1n) is 15.5. The van der Waals surface area contributed by atoms with Gasteiger partial charge in [0.05, 0.1) is 42.0 Å². The lowest BCUT2D eigenvalue weighted by atomic mass is 9.88. The van der Waals surface area contributed by atoms with Gasteiger partial charge in [-0.15, -0.1) is 10.2 Å². The molecule has 0 bridgehead atoms. The highest BCUT2D eigenvalue weighted by Gasteiger charge is 2.41. The molecule has 1 N–H and O–H groups in total. The highest BCUT2D eigenvalue weighted by Crippen LogP contribution is 2.49. The largest absolute Gasteiger partial charge is 0.451 e. The number of piperidine rings is 1. The molecule has 244 valence electrons. The molecule has 47 heavy (non-hydrogen) atoms. The van der Waals surface area contributed by atoms with Crippen molar-refractivity contribution in [3.63, 3.8) is 0 Å². The summed E-state index contributed by atoms with van der Waals surface area (Å²) in [4.78, 5) is 18.1. The monoisotopic (exact) mass is 666 g/mol. The summed E-state index contributed by atoms with van der Waals surface area (Å²) in [6.07, 6.45) is 1.55. The first-order chi connectivity index (χ1) is 22.6. The fourth-order valence-corrected chi connectivity index (χ4v) is 6.61. The van der Waals surface area contributed by atoms with Gasteiger partial charge in [0.1, 0.15) is 16.7 Å². The SMILES string of the molecule is CC1(c2ccc(Cl)nc2)Oc2cccc(C3CCN(Cc4nc5cc(-c6nnc(C(F)(F)F)[nH]6)ncc5n4C[C@@H]4CCO4)CC3)c2O1. The molecule has 1 aromatic carbocycles. The van der Waals surface area contributed by atoms with Crippen molar-refractivity contribution in [2.75, 3.05) is 19.7 Å². The van der Waals surface area contributed by atoms with Crippen LogP contribution in [0.5, 0.6) is 11.5 Å². The molecular formula is C32H30ClF3N8O3. The van der Waals surface area contributed by atoms with Crippen molar-refractivity contribution in [2.45, 2.75) is 63.3 Å². The number of para-hydroxylation sites is 1. The van der Waals surface area contributed by atoms with Crippen LogP contribution in [-0.4, -0.2) is 65.4 Å². The Bertz CT molecular complexity index is 1940. The van der Waals surface area contributed by atoms with Gasteiger partial charge in [0.2, 0.25) is 5.82 Å². The topological polar surface area (TPSA) is 116 Å². The number of hydrogen-bond acceptors (Lipinski definition) is 9. The predicted octanol–water partition coefficient (Wildman–Crippen LogP) is 6.10. The lowest BCUT2D eigenvalue weighted by molar-refractivity contribution is -0.144. The number of nitrogens with zero attached hydrogens (tertiary/aromatic N) is 7. The zero-order chi connectivity index (χ0) is 32.3. The summed E-state index contributed by atoms with van der Waals surface area (Å²) in [6.45, 7) is 5.53. The van der Waals surface area contributed by atoms with Crippen molar-refractivity contribution in [2.24, 2.45) is 0 Å². The number of hydrogen-bond donors (Lipinski definition) is 1. The normalized spacial score (nSPS) is 21.8. The van der Waals surface area contributed by atoms with E-state index in [1.165, 1.54) is 0 Å². The maximum atomic E-state index is 13.1. The van der Waals surface area contributed by atoms with Crippen LogP contribution in [-0.2, 0) is 29.8 Å². The summed E-state index contributed by atoms with van der Waals surface area (Å²) in [5.41, 5.74) is 3.56. The Morgan fingerprint density at radius 3 is 2.57 bits per heavy atom. The third-order valence-corrected chi connectivity index (χ3v) is 9.37. The number of aromatic amines is 1. The molecule has 11 nitrogen and oxygen atoms in total. The van der Waals surface area contributed by atoms with Crippen molar-refractivity contribution in [1.82, 2.24) is 39.6 Å². The number of pyridine rings is 2. The van der Waals surface area contributed by atoms with Crippen molar-refractivity contribution in [3.8, 4) is 23.0 Å². The van der Waals surface area contributed by atoms with E-state index >= 15 is 0 Å². The number of nitrogens with one attached hydrogen (secondary N) is 1. The minimum atomic E-state index is -4.63. The van der Waals surface area contributed by atoms with Gasteiger partial charge in [0.15, 0.2) is 17.3 Å². The van der Waals surface area contributed by atoms with Crippen LogP contribution in [0, 0.1) is 0 Å². The molecule has 0 amide bonds. The van der Waals surface area contributed by atoms with Crippen LogP contribution in [0.3, 0.4) is 0 Å².